The third kappa shape index (κ3) is 3.70. The molecule has 0 spiro atoms. The second kappa shape index (κ2) is 7.50. The highest BCUT2D eigenvalue weighted by atomic mass is 31.2. The molecule has 0 saturated carbocycles. The zero-order valence-electron chi connectivity index (χ0n) is 13.5. The summed E-state index contributed by atoms with van der Waals surface area (Å²) in [5.74, 6) is 0.153. The molecular formula is C12H19N6O7P. The summed E-state index contributed by atoms with van der Waals surface area (Å²) < 4.78 is 28.0. The van der Waals surface area contributed by atoms with Crippen molar-refractivity contribution in [2.45, 2.75) is 24.5 Å². The van der Waals surface area contributed by atoms with Crippen LogP contribution in [0.25, 0.3) is 11.2 Å². The summed E-state index contributed by atoms with van der Waals surface area (Å²) >= 11 is 0. The van der Waals surface area contributed by atoms with Crippen molar-refractivity contribution in [3.8, 4) is 0 Å². The van der Waals surface area contributed by atoms with Crippen LogP contribution in [0, 0.1) is 0 Å². The minimum absolute atomic E-state index is 0.0376. The fraction of sp³-hybridized carbons (Fsp3) is 0.583. The third-order valence-electron chi connectivity index (χ3n) is 3.77. The van der Waals surface area contributed by atoms with Crippen molar-refractivity contribution >= 4 is 24.8 Å². The molecule has 0 aliphatic carbocycles. The van der Waals surface area contributed by atoms with Crippen molar-refractivity contribution in [1.29, 1.82) is 0 Å². The number of aliphatic hydroxyl groups excluding tert-OH is 2. The first kappa shape index (κ1) is 19.1. The fourth-order valence-electron chi connectivity index (χ4n) is 2.53. The number of nitrogen functional groups attached to an aromatic ring is 1. The van der Waals surface area contributed by atoms with Crippen LogP contribution >= 0.6 is 7.82 Å². The lowest BCUT2D eigenvalue weighted by Crippen LogP contribution is -2.33. The van der Waals surface area contributed by atoms with Crippen LogP contribution in [0.2, 0.25) is 0 Å². The van der Waals surface area contributed by atoms with Crippen LogP contribution in [0.1, 0.15) is 6.23 Å². The van der Waals surface area contributed by atoms with E-state index in [4.69, 9.17) is 20.7 Å². The van der Waals surface area contributed by atoms with Crippen LogP contribution in [0.15, 0.2) is 12.7 Å². The largest absolute Gasteiger partial charge is 0.472 e. The summed E-state index contributed by atoms with van der Waals surface area (Å²) in [6, 6.07) is 0. The molecule has 1 aliphatic rings. The average molecular weight is 390 g/mol. The molecule has 2 aromatic heterocycles. The van der Waals surface area contributed by atoms with Crippen molar-refractivity contribution in [3.05, 3.63) is 12.7 Å². The van der Waals surface area contributed by atoms with Crippen LogP contribution in [0.3, 0.4) is 0 Å². The van der Waals surface area contributed by atoms with Crippen LogP contribution in [-0.2, 0) is 18.3 Å². The number of aromatic nitrogens is 4. The van der Waals surface area contributed by atoms with Crippen molar-refractivity contribution in [2.24, 2.45) is 5.73 Å². The molecular weight excluding hydrogens is 371 g/mol. The number of nitrogens with two attached hydrogens (primary N) is 2. The number of fused-ring (bicyclic) bond motifs is 1. The maximum Gasteiger partial charge on any atom is 0.472 e. The minimum Gasteiger partial charge on any atom is -0.387 e. The summed E-state index contributed by atoms with van der Waals surface area (Å²) in [5, 5.41) is 20.4. The molecule has 5 unspecified atom stereocenters. The molecule has 0 aromatic carbocycles. The standard InChI is InChI=1S/C12H19N6O7P/c13-1-2-23-26(21,22)24-3-6-8(19)9(20)12(25-6)18-5-17-7-10(14)15-4-16-11(7)18/h4-6,8-9,12,19-20H,1-3,13H2,(H,21,22)(H2,14,15,16). The van der Waals surface area contributed by atoms with Crippen molar-refractivity contribution in [2.75, 3.05) is 25.5 Å². The van der Waals surface area contributed by atoms with E-state index in [0.29, 0.717) is 11.2 Å². The first-order valence-corrected chi connectivity index (χ1v) is 9.10. The number of nitrogens with zero attached hydrogens (tertiary/aromatic N) is 4. The maximum absolute atomic E-state index is 11.6. The van der Waals surface area contributed by atoms with E-state index < -0.39 is 39.0 Å². The number of imidazole rings is 1. The Hall–Kier alpha value is -1.70. The Kier molecular flexibility index (Phi) is 5.50. The molecule has 26 heavy (non-hydrogen) atoms. The number of rotatable bonds is 7. The lowest BCUT2D eigenvalue weighted by Gasteiger charge is -2.17. The van der Waals surface area contributed by atoms with Crippen LogP contribution in [0.4, 0.5) is 5.82 Å². The van der Waals surface area contributed by atoms with E-state index >= 15 is 0 Å². The summed E-state index contributed by atoms with van der Waals surface area (Å²) in [6.07, 6.45) is -2.33. The Bertz CT molecular complexity index is 818. The number of phosphoric acid groups is 1. The van der Waals surface area contributed by atoms with E-state index in [0.717, 1.165) is 0 Å². The van der Waals surface area contributed by atoms with Crippen LogP contribution < -0.4 is 11.5 Å². The SMILES string of the molecule is NCCOP(=O)(O)OCC1OC(n2cnc3c(N)ncnc32)C(O)C1O. The van der Waals surface area contributed by atoms with E-state index in [2.05, 4.69) is 19.5 Å². The van der Waals surface area contributed by atoms with Gasteiger partial charge in [-0.3, -0.25) is 13.6 Å². The lowest BCUT2D eigenvalue weighted by atomic mass is 10.1. The van der Waals surface area contributed by atoms with Gasteiger partial charge in [0.1, 0.15) is 30.2 Å². The molecule has 13 nitrogen and oxygen atoms in total. The molecule has 1 saturated heterocycles. The van der Waals surface area contributed by atoms with Gasteiger partial charge in [-0.1, -0.05) is 0 Å². The zero-order valence-corrected chi connectivity index (χ0v) is 14.3. The number of hydrogen-bond donors (Lipinski definition) is 5. The molecule has 2 aromatic rings. The van der Waals surface area contributed by atoms with E-state index in [-0.39, 0.29) is 19.0 Å². The second-order valence-electron chi connectivity index (χ2n) is 5.52. The van der Waals surface area contributed by atoms with Crippen molar-refractivity contribution in [3.63, 3.8) is 0 Å². The minimum atomic E-state index is -4.34. The highest BCUT2D eigenvalue weighted by Gasteiger charge is 2.45. The van der Waals surface area contributed by atoms with E-state index in [9.17, 15) is 19.7 Å². The van der Waals surface area contributed by atoms with Crippen LogP contribution in [-0.4, -0.2) is 72.7 Å². The van der Waals surface area contributed by atoms with Crippen molar-refractivity contribution in [1.82, 2.24) is 19.5 Å². The summed E-state index contributed by atoms with van der Waals surface area (Å²) in [5.41, 5.74) is 11.5. The lowest BCUT2D eigenvalue weighted by molar-refractivity contribution is -0.0513. The molecule has 5 atom stereocenters. The zero-order chi connectivity index (χ0) is 18.9. The van der Waals surface area contributed by atoms with Crippen molar-refractivity contribution < 1.29 is 33.5 Å². The Morgan fingerprint density at radius 2 is 2.04 bits per heavy atom. The fourth-order valence-corrected chi connectivity index (χ4v) is 3.27. The molecule has 3 heterocycles. The Morgan fingerprint density at radius 1 is 1.27 bits per heavy atom. The predicted octanol–water partition coefficient (Wildman–Crippen LogP) is -1.88. The number of aliphatic hydroxyl groups is 2. The Morgan fingerprint density at radius 3 is 2.77 bits per heavy atom. The molecule has 14 heteroatoms. The van der Waals surface area contributed by atoms with E-state index in [1.807, 2.05) is 0 Å². The third-order valence-corrected chi connectivity index (χ3v) is 4.76. The van der Waals surface area contributed by atoms with Gasteiger partial charge in [0.2, 0.25) is 0 Å². The smallest absolute Gasteiger partial charge is 0.387 e. The second-order valence-corrected chi connectivity index (χ2v) is 6.97. The van der Waals surface area contributed by atoms with Gasteiger partial charge in [-0.25, -0.2) is 19.5 Å². The number of anilines is 1. The van der Waals surface area contributed by atoms with Gasteiger partial charge in [0, 0.05) is 6.54 Å². The molecule has 1 fully saturated rings. The summed E-state index contributed by atoms with van der Waals surface area (Å²) in [4.78, 5) is 21.4. The molecule has 7 N–H and O–H groups in total. The van der Waals surface area contributed by atoms with Gasteiger partial charge in [-0.2, -0.15) is 0 Å². The average Bonchev–Trinajstić information content (AvgIpc) is 3.15. The Labute approximate surface area is 147 Å². The monoisotopic (exact) mass is 390 g/mol. The topological polar surface area (TPSA) is 201 Å². The van der Waals surface area contributed by atoms with Gasteiger partial charge in [-0.05, 0) is 0 Å². The normalized spacial score (nSPS) is 28.5. The number of phosphoric ester groups is 1. The Balaban J connectivity index is 1.73. The highest BCUT2D eigenvalue weighted by Crippen LogP contribution is 2.44. The van der Waals surface area contributed by atoms with Gasteiger partial charge in [0.25, 0.3) is 0 Å². The van der Waals surface area contributed by atoms with E-state index in [1.54, 1.807) is 0 Å². The number of hydrogen-bond acceptors (Lipinski definition) is 11. The van der Waals surface area contributed by atoms with Gasteiger partial charge in [0.15, 0.2) is 17.7 Å². The van der Waals surface area contributed by atoms with Gasteiger partial charge in [0.05, 0.1) is 19.5 Å². The number of ether oxygens (including phenoxy) is 1. The van der Waals surface area contributed by atoms with Gasteiger partial charge < -0.3 is 31.3 Å². The molecule has 144 valence electrons. The predicted molar refractivity (Wildman–Crippen MR) is 86.4 cm³/mol. The molecule has 0 bridgehead atoms. The van der Waals surface area contributed by atoms with Gasteiger partial charge >= 0.3 is 7.82 Å². The summed E-state index contributed by atoms with van der Waals surface area (Å²) in [6.45, 7) is -0.623. The maximum atomic E-state index is 11.6. The molecule has 0 radical (unpaired) electrons. The van der Waals surface area contributed by atoms with E-state index in [1.165, 1.54) is 17.2 Å². The van der Waals surface area contributed by atoms with Crippen LogP contribution in [0.5, 0.6) is 0 Å². The summed E-state index contributed by atoms with van der Waals surface area (Å²) in [7, 11) is -4.34. The molecule has 1 aliphatic heterocycles. The van der Waals surface area contributed by atoms with Gasteiger partial charge in [-0.15, -0.1) is 0 Å². The highest BCUT2D eigenvalue weighted by molar-refractivity contribution is 7.47. The molecule has 0 amide bonds. The first-order chi connectivity index (χ1) is 12.3. The first-order valence-electron chi connectivity index (χ1n) is 7.60. The molecule has 3 rings (SSSR count). The quantitative estimate of drug-likeness (QED) is 0.330.